The summed E-state index contributed by atoms with van der Waals surface area (Å²) in [6.07, 6.45) is 4.74. The second kappa shape index (κ2) is 7.79. The monoisotopic (exact) mass is 283 g/mol. The van der Waals surface area contributed by atoms with Gasteiger partial charge in [-0.1, -0.05) is 30.3 Å². The van der Waals surface area contributed by atoms with E-state index >= 15 is 0 Å². The van der Waals surface area contributed by atoms with Gasteiger partial charge < -0.3 is 10.6 Å². The predicted molar refractivity (Wildman–Crippen MR) is 80.6 cm³/mol. The average Bonchev–Trinajstić information content (AvgIpc) is 2.53. The minimum atomic E-state index is -0.678. The number of anilines is 1. The maximum absolute atomic E-state index is 11.6. The van der Waals surface area contributed by atoms with Crippen molar-refractivity contribution < 1.29 is 9.59 Å². The summed E-state index contributed by atoms with van der Waals surface area (Å²) in [6.45, 7) is 0.466. The van der Waals surface area contributed by atoms with E-state index in [1.807, 2.05) is 30.3 Å². The molecule has 0 aliphatic heterocycles. The molecular weight excluding hydrogens is 266 g/mol. The van der Waals surface area contributed by atoms with Gasteiger partial charge in [-0.15, -0.1) is 0 Å². The summed E-state index contributed by atoms with van der Waals surface area (Å²) in [4.78, 5) is 27.1. The average molecular weight is 283 g/mol. The molecule has 2 N–H and O–H groups in total. The molecule has 0 aliphatic carbocycles. The van der Waals surface area contributed by atoms with Crippen LogP contribution in [0.2, 0.25) is 0 Å². The van der Waals surface area contributed by atoms with E-state index in [-0.39, 0.29) is 0 Å². The Morgan fingerprint density at radius 2 is 1.81 bits per heavy atom. The molecule has 21 heavy (non-hydrogen) atoms. The van der Waals surface area contributed by atoms with Crippen LogP contribution in [0.3, 0.4) is 0 Å². The molecule has 0 unspecified atom stereocenters. The number of hydrogen-bond donors (Lipinski definition) is 2. The second-order valence-electron chi connectivity index (χ2n) is 4.54. The molecule has 108 valence electrons. The zero-order chi connectivity index (χ0) is 14.9. The molecule has 1 aromatic carbocycles. The highest BCUT2D eigenvalue weighted by Gasteiger charge is 2.12. The summed E-state index contributed by atoms with van der Waals surface area (Å²) in [5.41, 5.74) is 1.72. The molecule has 2 aromatic rings. The third kappa shape index (κ3) is 5.06. The fraction of sp³-hybridized carbons (Fsp3) is 0.188. The third-order valence-electron chi connectivity index (χ3n) is 2.90. The van der Waals surface area contributed by atoms with E-state index in [1.54, 1.807) is 18.3 Å². The Morgan fingerprint density at radius 3 is 2.52 bits per heavy atom. The van der Waals surface area contributed by atoms with Gasteiger partial charge in [0.05, 0.1) is 11.9 Å². The molecule has 2 rings (SSSR count). The van der Waals surface area contributed by atoms with Crippen LogP contribution in [-0.4, -0.2) is 23.3 Å². The number of amides is 2. The van der Waals surface area contributed by atoms with Crippen molar-refractivity contribution in [3.63, 3.8) is 0 Å². The van der Waals surface area contributed by atoms with Crippen molar-refractivity contribution in [2.24, 2.45) is 0 Å². The van der Waals surface area contributed by atoms with Crippen LogP contribution in [-0.2, 0) is 16.0 Å². The van der Waals surface area contributed by atoms with E-state index in [2.05, 4.69) is 15.6 Å². The van der Waals surface area contributed by atoms with Gasteiger partial charge in [0.15, 0.2) is 0 Å². The van der Waals surface area contributed by atoms with E-state index in [0.29, 0.717) is 12.2 Å². The fourth-order valence-electron chi connectivity index (χ4n) is 1.84. The number of rotatable bonds is 5. The first kappa shape index (κ1) is 14.7. The van der Waals surface area contributed by atoms with Crippen molar-refractivity contribution in [2.45, 2.75) is 12.8 Å². The maximum Gasteiger partial charge on any atom is 0.313 e. The lowest BCUT2D eigenvalue weighted by atomic mass is 10.1. The summed E-state index contributed by atoms with van der Waals surface area (Å²) in [7, 11) is 0. The minimum absolute atomic E-state index is 0.466. The normalized spacial score (nSPS) is 9.90. The van der Waals surface area contributed by atoms with Crippen LogP contribution in [0.25, 0.3) is 0 Å². The first-order valence-electron chi connectivity index (χ1n) is 6.79. The Labute approximate surface area is 123 Å². The van der Waals surface area contributed by atoms with Crippen molar-refractivity contribution >= 4 is 17.5 Å². The van der Waals surface area contributed by atoms with E-state index in [4.69, 9.17) is 0 Å². The second-order valence-corrected chi connectivity index (χ2v) is 4.54. The van der Waals surface area contributed by atoms with Crippen LogP contribution in [0, 0.1) is 0 Å². The Hall–Kier alpha value is -2.69. The van der Waals surface area contributed by atoms with Gasteiger partial charge in [0.25, 0.3) is 0 Å². The Kier molecular flexibility index (Phi) is 5.46. The van der Waals surface area contributed by atoms with Crippen molar-refractivity contribution in [3.8, 4) is 0 Å². The molecule has 0 aliphatic rings. The van der Waals surface area contributed by atoms with Gasteiger partial charge in [-0.2, -0.15) is 0 Å². The number of carbonyl (C=O) groups excluding carboxylic acids is 2. The SMILES string of the molecule is O=C(NCCCc1ccccc1)C(=O)Nc1cccnc1. The number of carbonyl (C=O) groups is 2. The number of aromatic nitrogens is 1. The lowest BCUT2D eigenvalue weighted by Gasteiger charge is -2.06. The quantitative estimate of drug-likeness (QED) is 0.649. The number of nitrogens with one attached hydrogen (secondary N) is 2. The largest absolute Gasteiger partial charge is 0.348 e. The molecule has 5 nitrogen and oxygen atoms in total. The highest BCUT2D eigenvalue weighted by molar-refractivity contribution is 6.39. The molecular formula is C16H17N3O2. The molecule has 2 amide bonds. The third-order valence-corrected chi connectivity index (χ3v) is 2.90. The predicted octanol–water partition coefficient (Wildman–Crippen LogP) is 1.77. The first-order chi connectivity index (χ1) is 10.3. The zero-order valence-electron chi connectivity index (χ0n) is 11.6. The van der Waals surface area contributed by atoms with Gasteiger partial charge in [-0.25, -0.2) is 0 Å². The highest BCUT2D eigenvalue weighted by atomic mass is 16.2. The van der Waals surface area contributed by atoms with E-state index in [9.17, 15) is 9.59 Å². The number of benzene rings is 1. The van der Waals surface area contributed by atoms with Crippen molar-refractivity contribution in [3.05, 3.63) is 60.4 Å². The number of aryl methyl sites for hydroxylation is 1. The van der Waals surface area contributed by atoms with Crippen LogP contribution >= 0.6 is 0 Å². The Balaban J connectivity index is 1.68. The standard InChI is InChI=1S/C16H17N3O2/c20-15(16(21)19-14-9-5-10-17-12-14)18-11-4-8-13-6-2-1-3-7-13/h1-3,5-7,9-10,12H,4,8,11H2,(H,18,20)(H,19,21). The minimum Gasteiger partial charge on any atom is -0.348 e. The maximum atomic E-state index is 11.6. The molecule has 0 radical (unpaired) electrons. The summed E-state index contributed by atoms with van der Waals surface area (Å²) in [6, 6.07) is 13.4. The van der Waals surface area contributed by atoms with Crippen molar-refractivity contribution in [1.82, 2.24) is 10.3 Å². The molecule has 0 saturated carbocycles. The number of pyridine rings is 1. The molecule has 0 atom stereocenters. The number of nitrogens with zero attached hydrogens (tertiary/aromatic N) is 1. The molecule has 0 fully saturated rings. The van der Waals surface area contributed by atoms with Gasteiger partial charge in [-0.3, -0.25) is 14.6 Å². The molecule has 0 saturated heterocycles. The van der Waals surface area contributed by atoms with Crippen LogP contribution < -0.4 is 10.6 Å². The summed E-state index contributed by atoms with van der Waals surface area (Å²) in [5, 5.41) is 5.09. The van der Waals surface area contributed by atoms with Crippen molar-refractivity contribution in [2.75, 3.05) is 11.9 Å². The first-order valence-corrected chi connectivity index (χ1v) is 6.79. The van der Waals surface area contributed by atoms with Crippen LogP contribution in [0.4, 0.5) is 5.69 Å². The lowest BCUT2D eigenvalue weighted by Crippen LogP contribution is -2.36. The van der Waals surface area contributed by atoms with E-state index in [0.717, 1.165) is 12.8 Å². The summed E-state index contributed by atoms with van der Waals surface area (Å²) < 4.78 is 0. The molecule has 5 heteroatoms. The van der Waals surface area contributed by atoms with Gasteiger partial charge in [0.2, 0.25) is 0 Å². The smallest absolute Gasteiger partial charge is 0.313 e. The summed E-state index contributed by atoms with van der Waals surface area (Å²) in [5.74, 6) is -1.31. The van der Waals surface area contributed by atoms with E-state index in [1.165, 1.54) is 11.8 Å². The highest BCUT2D eigenvalue weighted by Crippen LogP contribution is 2.03. The van der Waals surface area contributed by atoms with Crippen LogP contribution in [0.15, 0.2) is 54.9 Å². The van der Waals surface area contributed by atoms with Gasteiger partial charge in [0, 0.05) is 12.7 Å². The molecule has 1 heterocycles. The Morgan fingerprint density at radius 1 is 1.00 bits per heavy atom. The van der Waals surface area contributed by atoms with Gasteiger partial charge >= 0.3 is 11.8 Å². The van der Waals surface area contributed by atoms with Crippen molar-refractivity contribution in [1.29, 1.82) is 0 Å². The molecule has 0 spiro atoms. The van der Waals surface area contributed by atoms with Crippen LogP contribution in [0.1, 0.15) is 12.0 Å². The van der Waals surface area contributed by atoms with Gasteiger partial charge in [0.1, 0.15) is 0 Å². The number of hydrogen-bond acceptors (Lipinski definition) is 3. The molecule has 0 bridgehead atoms. The lowest BCUT2D eigenvalue weighted by molar-refractivity contribution is -0.136. The molecule has 1 aromatic heterocycles. The fourth-order valence-corrected chi connectivity index (χ4v) is 1.84. The van der Waals surface area contributed by atoms with Crippen LogP contribution in [0.5, 0.6) is 0 Å². The summed E-state index contributed by atoms with van der Waals surface area (Å²) >= 11 is 0. The zero-order valence-corrected chi connectivity index (χ0v) is 11.6. The Bertz CT molecular complexity index is 585. The topological polar surface area (TPSA) is 71.1 Å². The van der Waals surface area contributed by atoms with E-state index < -0.39 is 11.8 Å². The van der Waals surface area contributed by atoms with Gasteiger partial charge in [-0.05, 0) is 30.5 Å².